The molecule has 2 amide bonds. The molecule has 7 heteroatoms. The third-order valence-electron chi connectivity index (χ3n) is 3.44. The predicted octanol–water partition coefficient (Wildman–Crippen LogP) is 1.80. The van der Waals surface area contributed by atoms with Gasteiger partial charge in [-0.3, -0.25) is 9.59 Å². The van der Waals surface area contributed by atoms with E-state index in [1.807, 2.05) is 0 Å². The predicted molar refractivity (Wildman–Crippen MR) is 83.5 cm³/mol. The first-order chi connectivity index (χ1) is 11.4. The van der Waals surface area contributed by atoms with E-state index in [-0.39, 0.29) is 12.0 Å². The first kappa shape index (κ1) is 17.4. The fourth-order valence-electron chi connectivity index (χ4n) is 2.22. The summed E-state index contributed by atoms with van der Waals surface area (Å²) in [5.41, 5.74) is 5.60. The topological polar surface area (TPSA) is 81.4 Å². The summed E-state index contributed by atoms with van der Waals surface area (Å²) in [6, 6.07) is 8.41. The molecule has 126 valence electrons. The van der Waals surface area contributed by atoms with Gasteiger partial charge >= 0.3 is 0 Å². The number of nitrogens with one attached hydrogen (secondary N) is 1. The van der Waals surface area contributed by atoms with Gasteiger partial charge in [0.1, 0.15) is 23.4 Å². The largest absolute Gasteiger partial charge is 0.496 e. The summed E-state index contributed by atoms with van der Waals surface area (Å²) in [5.74, 6) is -2.92. The first-order valence-corrected chi connectivity index (χ1v) is 7.09. The van der Waals surface area contributed by atoms with Crippen LogP contribution in [0, 0.1) is 11.6 Å². The third-order valence-corrected chi connectivity index (χ3v) is 3.44. The van der Waals surface area contributed by atoms with Crippen molar-refractivity contribution in [3.63, 3.8) is 0 Å². The van der Waals surface area contributed by atoms with Crippen LogP contribution in [0.1, 0.15) is 15.9 Å². The third kappa shape index (κ3) is 4.07. The number of rotatable bonds is 6. The molecule has 5 nitrogen and oxygen atoms in total. The average molecular weight is 334 g/mol. The normalized spacial score (nSPS) is 11.6. The highest BCUT2D eigenvalue weighted by molar-refractivity contribution is 5.97. The molecule has 0 spiro atoms. The second kappa shape index (κ2) is 7.54. The number of carbonyl (C=O) groups is 2. The van der Waals surface area contributed by atoms with E-state index < -0.39 is 29.5 Å². The smallest absolute Gasteiger partial charge is 0.254 e. The number of amides is 2. The number of carbonyl (C=O) groups excluding carboxylic acids is 2. The van der Waals surface area contributed by atoms with Gasteiger partial charge in [0.15, 0.2) is 0 Å². The van der Waals surface area contributed by atoms with E-state index in [4.69, 9.17) is 10.5 Å². The quantitative estimate of drug-likeness (QED) is 0.845. The van der Waals surface area contributed by atoms with Crippen molar-refractivity contribution in [2.24, 2.45) is 5.73 Å². The van der Waals surface area contributed by atoms with Crippen LogP contribution in [0.15, 0.2) is 42.5 Å². The lowest BCUT2D eigenvalue weighted by molar-refractivity contribution is -0.119. The highest BCUT2D eigenvalue weighted by Gasteiger charge is 2.22. The van der Waals surface area contributed by atoms with Gasteiger partial charge < -0.3 is 15.8 Å². The number of nitrogens with two attached hydrogens (primary N) is 1. The Morgan fingerprint density at radius 1 is 1.21 bits per heavy atom. The van der Waals surface area contributed by atoms with E-state index in [1.54, 1.807) is 24.3 Å². The molecule has 2 rings (SSSR count). The van der Waals surface area contributed by atoms with Crippen LogP contribution >= 0.6 is 0 Å². The summed E-state index contributed by atoms with van der Waals surface area (Å²) in [4.78, 5) is 23.7. The van der Waals surface area contributed by atoms with Gasteiger partial charge in [0.2, 0.25) is 5.91 Å². The monoisotopic (exact) mass is 334 g/mol. The maximum Gasteiger partial charge on any atom is 0.254 e. The molecule has 0 aliphatic rings. The Kier molecular flexibility index (Phi) is 5.47. The Morgan fingerprint density at radius 2 is 1.92 bits per heavy atom. The summed E-state index contributed by atoms with van der Waals surface area (Å²) in [6.45, 7) is 0. The Hall–Kier alpha value is -2.96. The van der Waals surface area contributed by atoms with E-state index in [0.29, 0.717) is 17.4 Å². The van der Waals surface area contributed by atoms with Crippen LogP contribution in [0.4, 0.5) is 8.78 Å². The lowest BCUT2D eigenvalue weighted by Crippen LogP contribution is -2.46. The first-order valence-electron chi connectivity index (χ1n) is 7.09. The second-order valence-corrected chi connectivity index (χ2v) is 5.07. The number of para-hydroxylation sites is 1. The molecule has 0 radical (unpaired) electrons. The molecule has 3 N–H and O–H groups in total. The number of benzene rings is 2. The minimum absolute atomic E-state index is 0.0773. The lowest BCUT2D eigenvalue weighted by Gasteiger charge is -2.17. The van der Waals surface area contributed by atoms with Gasteiger partial charge in [-0.2, -0.15) is 0 Å². The number of methoxy groups -OCH3 is 1. The zero-order valence-corrected chi connectivity index (χ0v) is 12.9. The van der Waals surface area contributed by atoms with Crippen LogP contribution < -0.4 is 15.8 Å². The fourth-order valence-corrected chi connectivity index (χ4v) is 2.22. The maximum atomic E-state index is 13.7. The summed E-state index contributed by atoms with van der Waals surface area (Å²) in [5, 5.41) is 2.36. The van der Waals surface area contributed by atoms with Crippen molar-refractivity contribution in [2.75, 3.05) is 7.11 Å². The number of halogens is 2. The van der Waals surface area contributed by atoms with Gasteiger partial charge in [-0.1, -0.05) is 18.2 Å². The van der Waals surface area contributed by atoms with Crippen molar-refractivity contribution in [3.05, 3.63) is 65.2 Å². The zero-order chi connectivity index (χ0) is 17.7. The average Bonchev–Trinajstić information content (AvgIpc) is 2.54. The number of hydrogen-bond donors (Lipinski definition) is 2. The van der Waals surface area contributed by atoms with Crippen molar-refractivity contribution in [2.45, 2.75) is 12.5 Å². The van der Waals surface area contributed by atoms with E-state index in [0.717, 1.165) is 12.1 Å². The molecule has 0 bridgehead atoms. The SMILES string of the molecule is COc1ccccc1C[C@H](NC(=O)c1ccc(F)cc1F)C(N)=O. The fraction of sp³-hybridized carbons (Fsp3) is 0.176. The van der Waals surface area contributed by atoms with Gasteiger partial charge in [-0.05, 0) is 23.8 Å². The van der Waals surface area contributed by atoms with Gasteiger partial charge in [-0.15, -0.1) is 0 Å². The van der Waals surface area contributed by atoms with Crippen molar-refractivity contribution in [3.8, 4) is 5.75 Å². The molecule has 0 aliphatic carbocycles. The van der Waals surface area contributed by atoms with Crippen molar-refractivity contribution < 1.29 is 23.1 Å². The molecule has 0 heterocycles. The minimum atomic E-state index is -1.07. The van der Waals surface area contributed by atoms with E-state index in [9.17, 15) is 18.4 Å². The minimum Gasteiger partial charge on any atom is -0.496 e. The number of primary amides is 1. The van der Waals surface area contributed by atoms with E-state index in [2.05, 4.69) is 5.32 Å². The summed E-state index contributed by atoms with van der Waals surface area (Å²) in [7, 11) is 1.48. The molecule has 2 aromatic rings. The number of hydrogen-bond acceptors (Lipinski definition) is 3. The molecule has 1 atom stereocenters. The molecule has 0 saturated heterocycles. The summed E-state index contributed by atoms with van der Waals surface area (Å²) in [6.07, 6.45) is 0.0773. The molecule has 24 heavy (non-hydrogen) atoms. The molecule has 0 saturated carbocycles. The molecular formula is C17H16F2N2O3. The van der Waals surface area contributed by atoms with Crippen molar-refractivity contribution >= 4 is 11.8 Å². The molecule has 0 fully saturated rings. The highest BCUT2D eigenvalue weighted by atomic mass is 19.1. The molecule has 0 aromatic heterocycles. The van der Waals surface area contributed by atoms with Gasteiger partial charge in [0.25, 0.3) is 5.91 Å². The summed E-state index contributed by atoms with van der Waals surface area (Å²) >= 11 is 0. The van der Waals surface area contributed by atoms with Gasteiger partial charge in [0, 0.05) is 12.5 Å². The Labute approximate surface area is 137 Å². The Balaban J connectivity index is 2.19. The van der Waals surface area contributed by atoms with E-state index in [1.165, 1.54) is 7.11 Å². The van der Waals surface area contributed by atoms with Crippen LogP contribution in [-0.4, -0.2) is 25.0 Å². The molecule has 0 unspecified atom stereocenters. The molecule has 0 aliphatic heterocycles. The molecular weight excluding hydrogens is 318 g/mol. The lowest BCUT2D eigenvalue weighted by atomic mass is 10.0. The van der Waals surface area contributed by atoms with Crippen LogP contribution in [-0.2, 0) is 11.2 Å². The Morgan fingerprint density at radius 3 is 2.54 bits per heavy atom. The second-order valence-electron chi connectivity index (χ2n) is 5.07. The zero-order valence-electron chi connectivity index (χ0n) is 12.9. The van der Waals surface area contributed by atoms with Crippen molar-refractivity contribution in [1.82, 2.24) is 5.32 Å². The summed E-state index contributed by atoms with van der Waals surface area (Å²) < 4.78 is 31.8. The number of ether oxygens (including phenoxy) is 1. The standard InChI is InChI=1S/C17H16F2N2O3/c1-24-15-5-3-2-4-10(15)8-14(16(20)22)21-17(23)12-7-6-11(18)9-13(12)19/h2-7,9,14H,8H2,1H3,(H2,20,22)(H,21,23)/t14-/m0/s1. The van der Waals surface area contributed by atoms with E-state index >= 15 is 0 Å². The maximum absolute atomic E-state index is 13.7. The van der Waals surface area contributed by atoms with Crippen LogP contribution in [0.2, 0.25) is 0 Å². The highest BCUT2D eigenvalue weighted by Crippen LogP contribution is 2.19. The molecule has 2 aromatic carbocycles. The van der Waals surface area contributed by atoms with Crippen molar-refractivity contribution in [1.29, 1.82) is 0 Å². The Bertz CT molecular complexity index is 765. The van der Waals surface area contributed by atoms with Crippen LogP contribution in [0.3, 0.4) is 0 Å². The van der Waals surface area contributed by atoms with Gasteiger partial charge in [-0.25, -0.2) is 8.78 Å². The van der Waals surface area contributed by atoms with Gasteiger partial charge in [0.05, 0.1) is 12.7 Å². The van der Waals surface area contributed by atoms with Crippen LogP contribution in [0.5, 0.6) is 5.75 Å². The van der Waals surface area contributed by atoms with Crippen LogP contribution in [0.25, 0.3) is 0 Å².